The second-order valence-electron chi connectivity index (χ2n) is 8.22. The molecule has 0 unspecified atom stereocenters. The Morgan fingerprint density at radius 3 is 2.11 bits per heavy atom. The first kappa shape index (κ1) is 17.0. The van der Waals surface area contributed by atoms with Crippen LogP contribution in [0, 0.1) is 0 Å². The molecule has 0 nitrogen and oxygen atoms in total. The molecule has 28 heavy (non-hydrogen) atoms. The summed E-state index contributed by atoms with van der Waals surface area (Å²) in [6, 6.07) is 28.4. The highest BCUT2D eigenvalue weighted by Crippen LogP contribution is 2.50. The van der Waals surface area contributed by atoms with Crippen LogP contribution in [-0.2, 0) is 5.41 Å². The van der Waals surface area contributed by atoms with E-state index < -0.39 is 0 Å². The number of fused-ring (bicyclic) bond motifs is 2. The van der Waals surface area contributed by atoms with E-state index in [1.54, 1.807) is 0 Å². The quantitative estimate of drug-likeness (QED) is 0.445. The highest BCUT2D eigenvalue weighted by atomic mass is 14.4. The molecule has 0 saturated carbocycles. The van der Waals surface area contributed by atoms with Gasteiger partial charge in [0, 0.05) is 5.41 Å². The Labute approximate surface area is 167 Å². The zero-order chi connectivity index (χ0) is 19.1. The van der Waals surface area contributed by atoms with Crippen molar-refractivity contribution < 1.29 is 0 Å². The Morgan fingerprint density at radius 2 is 1.39 bits per heavy atom. The van der Waals surface area contributed by atoms with E-state index >= 15 is 0 Å². The molecule has 0 saturated heterocycles. The van der Waals surface area contributed by atoms with E-state index in [-0.39, 0.29) is 5.41 Å². The average molecular weight is 361 g/mol. The number of benzene rings is 3. The summed E-state index contributed by atoms with van der Waals surface area (Å²) in [6.45, 7) is 4.74. The molecule has 0 heterocycles. The van der Waals surface area contributed by atoms with Crippen LogP contribution in [0.1, 0.15) is 37.0 Å². The van der Waals surface area contributed by atoms with Crippen LogP contribution in [0.5, 0.6) is 0 Å². The van der Waals surface area contributed by atoms with Crippen molar-refractivity contribution in [1.29, 1.82) is 0 Å². The molecule has 3 aromatic carbocycles. The van der Waals surface area contributed by atoms with Gasteiger partial charge in [0.2, 0.25) is 0 Å². The summed E-state index contributed by atoms with van der Waals surface area (Å²) in [4.78, 5) is 0. The highest BCUT2D eigenvalue weighted by molar-refractivity contribution is 5.90. The number of hydrogen-bond donors (Lipinski definition) is 0. The molecule has 3 aromatic rings. The summed E-state index contributed by atoms with van der Waals surface area (Å²) >= 11 is 0. The lowest BCUT2D eigenvalue weighted by molar-refractivity contribution is 0.654. The average Bonchev–Trinajstić information content (AvgIpc) is 2.89. The molecule has 0 heteroatoms. The Balaban J connectivity index is 1.63. The van der Waals surface area contributed by atoms with Crippen molar-refractivity contribution in [2.24, 2.45) is 0 Å². The lowest BCUT2D eigenvalue weighted by atomic mass is 9.79. The SMILES string of the molecule is CC1(C)C2=C(CC=CC(c3ccccc3)=C2)c2ccc(-c3ccccc3)cc21. The molecule has 0 aliphatic heterocycles. The summed E-state index contributed by atoms with van der Waals surface area (Å²) in [5.74, 6) is 0. The molecule has 0 aromatic heterocycles. The van der Waals surface area contributed by atoms with Gasteiger partial charge in [0.1, 0.15) is 0 Å². The van der Waals surface area contributed by atoms with E-state index in [0.717, 1.165) is 6.42 Å². The van der Waals surface area contributed by atoms with Gasteiger partial charge in [-0.2, -0.15) is 0 Å². The second-order valence-corrected chi connectivity index (χ2v) is 8.22. The molecule has 2 aliphatic rings. The Kier molecular flexibility index (Phi) is 3.94. The van der Waals surface area contributed by atoms with Crippen molar-refractivity contribution in [3.63, 3.8) is 0 Å². The summed E-state index contributed by atoms with van der Waals surface area (Å²) in [6.07, 6.45) is 8.00. The van der Waals surface area contributed by atoms with E-state index in [9.17, 15) is 0 Å². The standard InChI is InChI=1S/C28H24/c1-28(2)26-18-22(20-10-5-3-6-11-20)14-9-15-24(26)25-17-16-23(19-27(25)28)21-12-7-4-8-13-21/h3-14,16-19H,15H2,1-2H3. The smallest absolute Gasteiger partial charge is 0.0156 e. The van der Waals surface area contributed by atoms with Crippen LogP contribution in [0.2, 0.25) is 0 Å². The van der Waals surface area contributed by atoms with Crippen LogP contribution in [0.4, 0.5) is 0 Å². The first-order valence-electron chi connectivity index (χ1n) is 10.0. The third-order valence-corrected chi connectivity index (χ3v) is 6.15. The first-order valence-corrected chi connectivity index (χ1v) is 10.0. The molecule has 0 atom stereocenters. The Morgan fingerprint density at radius 1 is 0.714 bits per heavy atom. The van der Waals surface area contributed by atoms with Gasteiger partial charge in [-0.3, -0.25) is 0 Å². The van der Waals surface area contributed by atoms with Crippen molar-refractivity contribution in [2.75, 3.05) is 0 Å². The van der Waals surface area contributed by atoms with E-state index in [0.29, 0.717) is 0 Å². The van der Waals surface area contributed by atoms with Crippen LogP contribution < -0.4 is 0 Å². The normalized spacial score (nSPS) is 17.0. The molecule has 2 aliphatic carbocycles. The zero-order valence-corrected chi connectivity index (χ0v) is 16.4. The third-order valence-electron chi connectivity index (χ3n) is 6.15. The molecule has 0 N–H and O–H groups in total. The fourth-order valence-corrected chi connectivity index (χ4v) is 4.61. The number of hydrogen-bond acceptors (Lipinski definition) is 0. The van der Waals surface area contributed by atoms with Gasteiger partial charge in [-0.05, 0) is 63.1 Å². The van der Waals surface area contributed by atoms with Crippen molar-refractivity contribution in [1.82, 2.24) is 0 Å². The maximum Gasteiger partial charge on any atom is 0.0156 e. The fraction of sp³-hybridized carbons (Fsp3) is 0.143. The molecule has 0 radical (unpaired) electrons. The molecule has 0 bridgehead atoms. The molecular formula is C28H24. The number of allylic oxidation sites excluding steroid dienone is 6. The molecule has 0 spiro atoms. The van der Waals surface area contributed by atoms with Crippen LogP contribution in [-0.4, -0.2) is 0 Å². The van der Waals surface area contributed by atoms with E-state index in [1.807, 2.05) is 0 Å². The van der Waals surface area contributed by atoms with Gasteiger partial charge < -0.3 is 0 Å². The molecule has 0 fully saturated rings. The predicted octanol–water partition coefficient (Wildman–Crippen LogP) is 7.44. The van der Waals surface area contributed by atoms with Crippen molar-refractivity contribution in [3.8, 4) is 11.1 Å². The third kappa shape index (κ3) is 2.68. The topological polar surface area (TPSA) is 0 Å². The Hall–Kier alpha value is -3.12. The van der Waals surface area contributed by atoms with E-state index in [1.165, 1.54) is 44.5 Å². The summed E-state index contributed by atoms with van der Waals surface area (Å²) < 4.78 is 0. The fourth-order valence-electron chi connectivity index (χ4n) is 4.61. The van der Waals surface area contributed by atoms with Crippen molar-refractivity contribution >= 4 is 11.1 Å². The lowest BCUT2D eigenvalue weighted by Crippen LogP contribution is -2.16. The molecule has 5 rings (SSSR count). The minimum Gasteiger partial charge on any atom is -0.0795 e. The molecule has 0 amide bonds. The van der Waals surface area contributed by atoms with Gasteiger partial charge in [0.05, 0.1) is 0 Å². The van der Waals surface area contributed by atoms with Crippen molar-refractivity contribution in [2.45, 2.75) is 25.7 Å². The summed E-state index contributed by atoms with van der Waals surface area (Å²) in [7, 11) is 0. The largest absolute Gasteiger partial charge is 0.0795 e. The van der Waals surface area contributed by atoms with Gasteiger partial charge in [0.25, 0.3) is 0 Å². The van der Waals surface area contributed by atoms with Crippen molar-refractivity contribution in [3.05, 3.63) is 119 Å². The van der Waals surface area contributed by atoms with Crippen LogP contribution in [0.15, 0.2) is 103 Å². The second kappa shape index (κ2) is 6.49. The van der Waals surface area contributed by atoms with Gasteiger partial charge in [-0.15, -0.1) is 0 Å². The maximum atomic E-state index is 2.41. The summed E-state index contributed by atoms with van der Waals surface area (Å²) in [5.41, 5.74) is 10.9. The molecule has 136 valence electrons. The van der Waals surface area contributed by atoms with E-state index in [4.69, 9.17) is 0 Å². The van der Waals surface area contributed by atoms with Gasteiger partial charge in [0.15, 0.2) is 0 Å². The minimum absolute atomic E-state index is 0.00150. The van der Waals surface area contributed by atoms with Gasteiger partial charge in [-0.25, -0.2) is 0 Å². The van der Waals surface area contributed by atoms with E-state index in [2.05, 4.69) is 111 Å². The monoisotopic (exact) mass is 360 g/mol. The zero-order valence-electron chi connectivity index (χ0n) is 16.4. The maximum absolute atomic E-state index is 2.41. The first-order chi connectivity index (χ1) is 13.6. The molecular weight excluding hydrogens is 336 g/mol. The minimum atomic E-state index is 0.00150. The highest BCUT2D eigenvalue weighted by Gasteiger charge is 2.37. The van der Waals surface area contributed by atoms with Gasteiger partial charge in [-0.1, -0.05) is 98.8 Å². The van der Waals surface area contributed by atoms with Crippen LogP contribution in [0.3, 0.4) is 0 Å². The summed E-state index contributed by atoms with van der Waals surface area (Å²) in [5, 5.41) is 0. The predicted molar refractivity (Wildman–Crippen MR) is 120 cm³/mol. The van der Waals surface area contributed by atoms with Crippen LogP contribution in [0.25, 0.3) is 22.3 Å². The Bertz CT molecular complexity index is 1120. The van der Waals surface area contributed by atoms with Crippen LogP contribution >= 0.6 is 0 Å². The lowest BCUT2D eigenvalue weighted by Gasteiger charge is -2.24. The number of rotatable bonds is 2. The van der Waals surface area contributed by atoms with Gasteiger partial charge >= 0.3 is 0 Å².